The number of hydrogen-bond donors (Lipinski definition) is 0. The minimum Gasteiger partial charge on any atom is -0.497 e. The SMILES string of the molecule is COc1ccc(-c2oc3c(c2Br)CCCc2ccccc2-3)cc1. The van der Waals surface area contributed by atoms with Crippen molar-refractivity contribution in [2.75, 3.05) is 7.11 Å². The van der Waals surface area contributed by atoms with E-state index in [4.69, 9.17) is 9.15 Å². The van der Waals surface area contributed by atoms with Crippen molar-refractivity contribution in [1.82, 2.24) is 0 Å². The summed E-state index contributed by atoms with van der Waals surface area (Å²) in [7, 11) is 1.68. The topological polar surface area (TPSA) is 22.4 Å². The summed E-state index contributed by atoms with van der Waals surface area (Å²) in [6, 6.07) is 16.5. The van der Waals surface area contributed by atoms with E-state index in [0.29, 0.717) is 0 Å². The van der Waals surface area contributed by atoms with Crippen LogP contribution in [-0.4, -0.2) is 7.11 Å². The number of fused-ring (bicyclic) bond motifs is 3. The highest BCUT2D eigenvalue weighted by Crippen LogP contribution is 2.44. The molecular formula is C20H17BrO2. The number of methoxy groups -OCH3 is 1. The maximum atomic E-state index is 6.32. The number of furan rings is 1. The van der Waals surface area contributed by atoms with Crippen LogP contribution in [0.1, 0.15) is 17.5 Å². The fourth-order valence-electron chi connectivity index (χ4n) is 3.23. The lowest BCUT2D eigenvalue weighted by Gasteiger charge is -2.04. The summed E-state index contributed by atoms with van der Waals surface area (Å²) < 4.78 is 12.6. The van der Waals surface area contributed by atoms with E-state index >= 15 is 0 Å². The first-order chi connectivity index (χ1) is 11.3. The van der Waals surface area contributed by atoms with Gasteiger partial charge in [0.25, 0.3) is 0 Å². The smallest absolute Gasteiger partial charge is 0.149 e. The van der Waals surface area contributed by atoms with Crippen LogP contribution in [0, 0.1) is 0 Å². The fourth-order valence-corrected chi connectivity index (χ4v) is 3.92. The number of benzene rings is 2. The molecule has 0 fully saturated rings. The lowest BCUT2D eigenvalue weighted by molar-refractivity contribution is 0.415. The summed E-state index contributed by atoms with van der Waals surface area (Å²) in [5.74, 6) is 2.76. The Hall–Kier alpha value is -2.00. The van der Waals surface area contributed by atoms with Gasteiger partial charge in [0, 0.05) is 16.7 Å². The summed E-state index contributed by atoms with van der Waals surface area (Å²) in [5, 5.41) is 0. The standard InChI is InChI=1S/C20H17BrO2/c1-22-15-11-9-14(10-12-15)19-18(21)17-8-4-6-13-5-2-3-7-16(13)20(17)23-19/h2-3,5,7,9-12H,4,6,8H2,1H3. The molecule has 1 aromatic heterocycles. The maximum Gasteiger partial charge on any atom is 0.149 e. The zero-order chi connectivity index (χ0) is 15.8. The Morgan fingerprint density at radius 3 is 2.52 bits per heavy atom. The minimum absolute atomic E-state index is 0.850. The number of ether oxygens (including phenoxy) is 1. The second-order valence-corrected chi connectivity index (χ2v) is 6.59. The van der Waals surface area contributed by atoms with Crippen LogP contribution < -0.4 is 4.74 Å². The first-order valence-electron chi connectivity index (χ1n) is 7.82. The summed E-state index contributed by atoms with van der Waals surface area (Å²) in [6.07, 6.45) is 3.28. The van der Waals surface area contributed by atoms with Crippen molar-refractivity contribution in [2.45, 2.75) is 19.3 Å². The van der Waals surface area contributed by atoms with Gasteiger partial charge in [0.15, 0.2) is 0 Å². The minimum atomic E-state index is 0.850. The molecule has 0 radical (unpaired) electrons. The van der Waals surface area contributed by atoms with Crippen LogP contribution in [0.2, 0.25) is 0 Å². The van der Waals surface area contributed by atoms with E-state index in [1.807, 2.05) is 24.3 Å². The average molecular weight is 369 g/mol. The second-order valence-electron chi connectivity index (χ2n) is 5.79. The third kappa shape index (κ3) is 2.49. The maximum absolute atomic E-state index is 6.32. The average Bonchev–Trinajstić information content (AvgIpc) is 2.81. The van der Waals surface area contributed by atoms with E-state index in [1.54, 1.807) is 7.11 Å². The quantitative estimate of drug-likeness (QED) is 0.563. The third-order valence-electron chi connectivity index (χ3n) is 4.43. The predicted octanol–water partition coefficient (Wildman–Crippen LogP) is 5.87. The summed E-state index contributed by atoms with van der Waals surface area (Å²) in [6.45, 7) is 0. The molecule has 0 saturated carbocycles. The third-order valence-corrected chi connectivity index (χ3v) is 5.27. The molecule has 23 heavy (non-hydrogen) atoms. The number of rotatable bonds is 2. The summed E-state index contributed by atoms with van der Waals surface area (Å²) >= 11 is 3.77. The molecule has 1 aliphatic carbocycles. The van der Waals surface area contributed by atoms with Crippen molar-refractivity contribution in [3.05, 3.63) is 64.1 Å². The molecule has 0 atom stereocenters. The van der Waals surface area contributed by atoms with Crippen LogP contribution in [0.5, 0.6) is 5.75 Å². The van der Waals surface area contributed by atoms with Crippen molar-refractivity contribution in [3.8, 4) is 28.4 Å². The summed E-state index contributed by atoms with van der Waals surface area (Å²) in [4.78, 5) is 0. The van der Waals surface area contributed by atoms with Gasteiger partial charge in [0.1, 0.15) is 17.3 Å². The van der Waals surface area contributed by atoms with Crippen molar-refractivity contribution in [3.63, 3.8) is 0 Å². The van der Waals surface area contributed by atoms with Gasteiger partial charge < -0.3 is 9.15 Å². The van der Waals surface area contributed by atoms with Gasteiger partial charge >= 0.3 is 0 Å². The van der Waals surface area contributed by atoms with Crippen molar-refractivity contribution in [2.24, 2.45) is 0 Å². The Labute approximate surface area is 144 Å². The predicted molar refractivity (Wildman–Crippen MR) is 95.9 cm³/mol. The van der Waals surface area contributed by atoms with E-state index in [2.05, 4.69) is 40.2 Å². The van der Waals surface area contributed by atoms with Crippen LogP contribution >= 0.6 is 15.9 Å². The van der Waals surface area contributed by atoms with Crippen molar-refractivity contribution >= 4 is 15.9 Å². The second kappa shape index (κ2) is 5.89. The Morgan fingerprint density at radius 1 is 0.957 bits per heavy atom. The molecule has 2 nitrogen and oxygen atoms in total. The zero-order valence-corrected chi connectivity index (χ0v) is 14.5. The Morgan fingerprint density at radius 2 is 1.74 bits per heavy atom. The molecule has 1 aliphatic rings. The van der Waals surface area contributed by atoms with Gasteiger partial charge in [-0.3, -0.25) is 0 Å². The fraction of sp³-hybridized carbons (Fsp3) is 0.200. The van der Waals surface area contributed by atoms with Gasteiger partial charge in [-0.05, 0) is 65.0 Å². The lowest BCUT2D eigenvalue weighted by Crippen LogP contribution is -1.86. The van der Waals surface area contributed by atoms with Crippen molar-refractivity contribution in [1.29, 1.82) is 0 Å². The monoisotopic (exact) mass is 368 g/mol. The van der Waals surface area contributed by atoms with Crippen LogP contribution in [0.15, 0.2) is 57.4 Å². The van der Waals surface area contributed by atoms with E-state index in [9.17, 15) is 0 Å². The number of hydrogen-bond acceptors (Lipinski definition) is 2. The van der Waals surface area contributed by atoms with Crippen LogP contribution in [0.4, 0.5) is 0 Å². The molecule has 0 aliphatic heterocycles. The molecule has 0 spiro atoms. The van der Waals surface area contributed by atoms with Gasteiger partial charge in [0.2, 0.25) is 0 Å². The van der Waals surface area contributed by atoms with Crippen molar-refractivity contribution < 1.29 is 9.15 Å². The molecular weight excluding hydrogens is 352 g/mol. The largest absolute Gasteiger partial charge is 0.497 e. The van der Waals surface area contributed by atoms with Gasteiger partial charge in [-0.2, -0.15) is 0 Å². The van der Waals surface area contributed by atoms with Gasteiger partial charge in [-0.1, -0.05) is 24.3 Å². The molecule has 0 N–H and O–H groups in total. The molecule has 4 rings (SSSR count). The normalized spacial score (nSPS) is 13.1. The highest BCUT2D eigenvalue weighted by Gasteiger charge is 2.24. The van der Waals surface area contributed by atoms with E-state index in [0.717, 1.165) is 46.6 Å². The molecule has 0 bridgehead atoms. The highest BCUT2D eigenvalue weighted by atomic mass is 79.9. The zero-order valence-electron chi connectivity index (χ0n) is 12.9. The van der Waals surface area contributed by atoms with Gasteiger partial charge in [0.05, 0.1) is 11.6 Å². The van der Waals surface area contributed by atoms with Crippen LogP contribution in [-0.2, 0) is 12.8 Å². The molecule has 0 saturated heterocycles. The Kier molecular flexibility index (Phi) is 3.74. The Bertz CT molecular complexity index is 847. The number of halogens is 1. The van der Waals surface area contributed by atoms with Gasteiger partial charge in [-0.15, -0.1) is 0 Å². The Balaban J connectivity index is 1.87. The number of aryl methyl sites for hydroxylation is 1. The van der Waals surface area contributed by atoms with Gasteiger partial charge in [-0.25, -0.2) is 0 Å². The molecule has 3 aromatic rings. The molecule has 3 heteroatoms. The first-order valence-corrected chi connectivity index (χ1v) is 8.61. The molecule has 2 aromatic carbocycles. The van der Waals surface area contributed by atoms with Crippen LogP contribution in [0.25, 0.3) is 22.6 Å². The van der Waals surface area contributed by atoms with E-state index in [1.165, 1.54) is 16.7 Å². The lowest BCUT2D eigenvalue weighted by atomic mass is 10.0. The molecule has 0 amide bonds. The summed E-state index contributed by atoms with van der Waals surface area (Å²) in [5.41, 5.74) is 4.93. The van der Waals surface area contributed by atoms with Crippen LogP contribution in [0.3, 0.4) is 0 Å². The van der Waals surface area contributed by atoms with E-state index in [-0.39, 0.29) is 0 Å². The van der Waals surface area contributed by atoms with E-state index < -0.39 is 0 Å². The first kappa shape index (κ1) is 14.6. The molecule has 1 heterocycles. The molecule has 116 valence electrons. The molecule has 0 unspecified atom stereocenters. The highest BCUT2D eigenvalue weighted by molar-refractivity contribution is 9.10.